The van der Waals surface area contributed by atoms with Gasteiger partial charge in [0.1, 0.15) is 0 Å². The van der Waals surface area contributed by atoms with Gasteiger partial charge in [-0.25, -0.2) is 0 Å². The number of methoxy groups -OCH3 is 2. The number of fused-ring (bicyclic) bond motifs is 4. The van der Waals surface area contributed by atoms with Gasteiger partial charge in [-0.1, -0.05) is 0 Å². The Morgan fingerprint density at radius 1 is 0.654 bits per heavy atom. The van der Waals surface area contributed by atoms with Gasteiger partial charge in [0.25, 0.3) is 0 Å². The summed E-state index contributed by atoms with van der Waals surface area (Å²) >= 11 is 0.929. The van der Waals surface area contributed by atoms with Gasteiger partial charge >= 0.3 is 167 Å². The Hall–Kier alpha value is -1.44. The second-order valence-corrected chi connectivity index (χ2v) is 11.4. The maximum atomic E-state index is 5.43. The monoisotopic (exact) mass is 476 g/mol. The Morgan fingerprint density at radius 3 is 1.54 bits per heavy atom. The molecule has 0 unspecified atom stereocenters. The van der Waals surface area contributed by atoms with Gasteiger partial charge in [-0.3, -0.25) is 0 Å². The van der Waals surface area contributed by atoms with E-state index in [4.69, 9.17) is 9.47 Å². The van der Waals surface area contributed by atoms with Crippen LogP contribution in [0.15, 0.2) is 45.3 Å². The molecule has 0 atom stereocenters. The summed E-state index contributed by atoms with van der Waals surface area (Å²) in [4.78, 5) is 0. The molecule has 2 aromatic rings. The first kappa shape index (κ1) is 16.7. The van der Waals surface area contributed by atoms with Crippen LogP contribution in [0.2, 0.25) is 0 Å². The maximum absolute atomic E-state index is 5.43. The molecule has 0 saturated carbocycles. The van der Waals surface area contributed by atoms with Crippen molar-refractivity contribution >= 4 is 38.9 Å². The summed E-state index contributed by atoms with van der Waals surface area (Å²) in [6.45, 7) is 0. The van der Waals surface area contributed by atoms with Crippen LogP contribution in [-0.4, -0.2) is 44.1 Å². The van der Waals surface area contributed by atoms with Crippen molar-refractivity contribution < 1.29 is 9.47 Å². The van der Waals surface area contributed by atoms with Gasteiger partial charge in [-0.15, -0.1) is 0 Å². The van der Waals surface area contributed by atoms with Crippen molar-refractivity contribution in [2.75, 3.05) is 14.2 Å². The molecule has 5 rings (SSSR count). The quantitative estimate of drug-likeness (QED) is 0.612. The van der Waals surface area contributed by atoms with Crippen LogP contribution in [0.3, 0.4) is 0 Å². The fourth-order valence-electron chi connectivity index (χ4n) is 3.94. The second-order valence-electron chi connectivity index (χ2n) is 6.75. The van der Waals surface area contributed by atoms with E-state index in [2.05, 4.69) is 36.4 Å². The molecule has 1 aliphatic heterocycles. The van der Waals surface area contributed by atoms with Gasteiger partial charge < -0.3 is 0 Å². The topological polar surface area (TPSA) is 18.5 Å². The Kier molecular flexibility index (Phi) is 4.25. The average molecular weight is 474 g/mol. The van der Waals surface area contributed by atoms with Gasteiger partial charge in [0, 0.05) is 0 Å². The van der Waals surface area contributed by atoms with E-state index in [9.17, 15) is 0 Å². The zero-order valence-electron chi connectivity index (χ0n) is 14.9. The van der Waals surface area contributed by atoms with E-state index in [1.165, 1.54) is 35.1 Å². The van der Waals surface area contributed by atoms with Crippen LogP contribution < -0.4 is 9.47 Å². The van der Waals surface area contributed by atoms with Crippen molar-refractivity contribution in [3.05, 3.63) is 67.6 Å². The summed E-state index contributed by atoms with van der Waals surface area (Å²) in [5.41, 5.74) is 5.96. The minimum absolute atomic E-state index is 0.464. The molecule has 0 aromatic heterocycles. The molecular weight excluding hydrogens is 454 g/mol. The average Bonchev–Trinajstić information content (AvgIpc) is 2.71. The predicted octanol–water partition coefficient (Wildman–Crippen LogP) is 4.06. The summed E-state index contributed by atoms with van der Waals surface area (Å²) in [5, 5.41) is 0. The zero-order chi connectivity index (χ0) is 17.7. The third kappa shape index (κ3) is 2.68. The number of allylic oxidation sites excluding steroid dienone is 2. The standard InChI is InChI=1S/C22H20O2Se2/c1-23-15-5-7-17-13(11-15)3-9-19-21(17)25-20-10-4-14-12-16(24-2)6-8-18(14)22(20)26-19/h5-8,11-12H,3-4,9-10H2,1-2H3. The molecule has 0 radical (unpaired) electrons. The van der Waals surface area contributed by atoms with E-state index in [-0.39, 0.29) is 0 Å². The van der Waals surface area contributed by atoms with Crippen molar-refractivity contribution in [1.82, 2.24) is 0 Å². The van der Waals surface area contributed by atoms with Crippen LogP contribution >= 0.6 is 0 Å². The number of hydrogen-bond donors (Lipinski definition) is 0. The molecule has 26 heavy (non-hydrogen) atoms. The van der Waals surface area contributed by atoms with Crippen LogP contribution in [0.5, 0.6) is 11.5 Å². The number of ether oxygens (including phenoxy) is 2. The molecule has 0 amide bonds. The third-order valence-electron chi connectivity index (χ3n) is 5.31. The van der Waals surface area contributed by atoms with Crippen molar-refractivity contribution in [3.63, 3.8) is 0 Å². The van der Waals surface area contributed by atoms with E-state index in [1.807, 2.05) is 0 Å². The summed E-state index contributed by atoms with van der Waals surface area (Å²) in [6.07, 6.45) is 4.75. The molecule has 4 heteroatoms. The Bertz CT molecular complexity index is 893. The summed E-state index contributed by atoms with van der Waals surface area (Å²) in [7, 11) is 3.52. The molecule has 0 saturated heterocycles. The van der Waals surface area contributed by atoms with Gasteiger partial charge in [-0.05, 0) is 0 Å². The second kappa shape index (κ2) is 6.62. The summed E-state index contributed by atoms with van der Waals surface area (Å²) in [5.74, 6) is 1.98. The van der Waals surface area contributed by atoms with Gasteiger partial charge in [-0.2, -0.15) is 0 Å². The molecule has 3 aliphatic rings. The van der Waals surface area contributed by atoms with Crippen LogP contribution in [-0.2, 0) is 12.8 Å². The summed E-state index contributed by atoms with van der Waals surface area (Å²) < 4.78 is 17.7. The Balaban J connectivity index is 1.53. The van der Waals surface area contributed by atoms with E-state index in [0.29, 0.717) is 29.9 Å². The zero-order valence-corrected chi connectivity index (χ0v) is 18.4. The number of hydrogen-bond acceptors (Lipinski definition) is 2. The Labute approximate surface area is 167 Å². The molecule has 1 heterocycles. The molecule has 0 spiro atoms. The first-order valence-electron chi connectivity index (χ1n) is 8.93. The molecule has 0 fully saturated rings. The third-order valence-corrected chi connectivity index (χ3v) is 12.2. The molecular formula is C22H20O2Se2. The van der Waals surface area contributed by atoms with Gasteiger partial charge in [0.15, 0.2) is 0 Å². The summed E-state index contributed by atoms with van der Waals surface area (Å²) in [6, 6.07) is 13.3. The van der Waals surface area contributed by atoms with Crippen molar-refractivity contribution in [2.24, 2.45) is 0 Å². The van der Waals surface area contributed by atoms with Crippen LogP contribution in [0.25, 0.3) is 8.94 Å². The number of rotatable bonds is 2. The molecule has 0 N–H and O–H groups in total. The number of benzene rings is 2. The SMILES string of the molecule is COc1ccc2c(c1)CCC1=C2[Se]C2=C([Se]1)c1ccc(OC)cc1CC2. The molecule has 2 aliphatic carbocycles. The van der Waals surface area contributed by atoms with E-state index in [0.717, 1.165) is 24.3 Å². The van der Waals surface area contributed by atoms with Crippen LogP contribution in [0.4, 0.5) is 0 Å². The first-order valence-corrected chi connectivity index (χ1v) is 12.4. The van der Waals surface area contributed by atoms with Crippen LogP contribution in [0, 0.1) is 0 Å². The van der Waals surface area contributed by atoms with E-state index in [1.54, 1.807) is 32.1 Å². The van der Waals surface area contributed by atoms with Crippen LogP contribution in [0.1, 0.15) is 35.1 Å². The molecule has 2 aromatic carbocycles. The fraction of sp³-hybridized carbons (Fsp3) is 0.273. The van der Waals surface area contributed by atoms with E-state index < -0.39 is 0 Å². The number of aryl methyl sites for hydroxylation is 2. The molecule has 0 bridgehead atoms. The Morgan fingerprint density at radius 2 is 1.12 bits per heavy atom. The first-order chi connectivity index (χ1) is 12.8. The van der Waals surface area contributed by atoms with Crippen molar-refractivity contribution in [1.29, 1.82) is 0 Å². The van der Waals surface area contributed by atoms with Gasteiger partial charge in [0.05, 0.1) is 0 Å². The van der Waals surface area contributed by atoms with Crippen molar-refractivity contribution in [3.8, 4) is 11.5 Å². The van der Waals surface area contributed by atoms with Gasteiger partial charge in [0.2, 0.25) is 0 Å². The minimum atomic E-state index is 0.464. The predicted molar refractivity (Wildman–Crippen MR) is 108 cm³/mol. The van der Waals surface area contributed by atoms with Crippen molar-refractivity contribution in [2.45, 2.75) is 25.7 Å². The van der Waals surface area contributed by atoms with E-state index >= 15 is 0 Å². The molecule has 132 valence electrons. The fourth-order valence-corrected chi connectivity index (χ4v) is 10.7. The molecule has 2 nitrogen and oxygen atoms in total. The normalized spacial score (nSPS) is 17.9.